The Kier molecular flexibility index (Phi) is 1.95. The molecule has 1 aliphatic heterocycles. The fourth-order valence-corrected chi connectivity index (χ4v) is 5.25. The van der Waals surface area contributed by atoms with E-state index in [9.17, 15) is 9.90 Å². The summed E-state index contributed by atoms with van der Waals surface area (Å²) in [5.74, 6) is 2.22. The minimum Gasteiger partial charge on any atom is -0.459 e. The van der Waals surface area contributed by atoms with Gasteiger partial charge >= 0.3 is 5.97 Å². The molecule has 3 heteroatoms. The van der Waals surface area contributed by atoms with E-state index < -0.39 is 11.6 Å². The summed E-state index contributed by atoms with van der Waals surface area (Å²) in [5, 5.41) is 10.7. The van der Waals surface area contributed by atoms with E-state index in [2.05, 4.69) is 19.9 Å². The van der Waals surface area contributed by atoms with Crippen LogP contribution in [0, 0.1) is 35.5 Å². The van der Waals surface area contributed by atoms with E-state index in [1.54, 1.807) is 6.08 Å². The summed E-state index contributed by atoms with van der Waals surface area (Å²) in [6, 6.07) is 0. The fourth-order valence-electron chi connectivity index (χ4n) is 5.25. The molecule has 4 aliphatic rings. The molecule has 8 atom stereocenters. The second kappa shape index (κ2) is 3.19. The van der Waals surface area contributed by atoms with Crippen molar-refractivity contribution in [1.29, 1.82) is 0 Å². The third-order valence-corrected chi connectivity index (χ3v) is 6.16. The van der Waals surface area contributed by atoms with Crippen LogP contribution in [0.5, 0.6) is 0 Å². The Labute approximate surface area is 107 Å². The van der Waals surface area contributed by atoms with Gasteiger partial charge in [-0.05, 0) is 48.5 Å². The van der Waals surface area contributed by atoms with Gasteiger partial charge in [0.25, 0.3) is 0 Å². The van der Waals surface area contributed by atoms with E-state index in [4.69, 9.17) is 4.74 Å². The minimum absolute atomic E-state index is 0.00255. The molecule has 2 saturated carbocycles. The van der Waals surface area contributed by atoms with Crippen molar-refractivity contribution in [2.75, 3.05) is 0 Å². The van der Waals surface area contributed by atoms with Crippen molar-refractivity contribution in [2.45, 2.75) is 38.4 Å². The van der Waals surface area contributed by atoms with Gasteiger partial charge in [0.05, 0.1) is 0 Å². The fraction of sp³-hybridized carbons (Fsp3) is 0.800. The lowest BCUT2D eigenvalue weighted by molar-refractivity contribution is -0.155. The molecule has 3 fully saturated rings. The van der Waals surface area contributed by atoms with Crippen molar-refractivity contribution in [3.05, 3.63) is 12.2 Å². The number of hydrogen-bond donors (Lipinski definition) is 1. The van der Waals surface area contributed by atoms with Gasteiger partial charge in [-0.25, -0.2) is 4.79 Å². The average Bonchev–Trinajstić information content (AvgIpc) is 2.77. The van der Waals surface area contributed by atoms with Crippen LogP contribution >= 0.6 is 0 Å². The predicted octanol–water partition coefficient (Wildman–Crippen LogP) is 1.76. The maximum atomic E-state index is 11.9. The summed E-state index contributed by atoms with van der Waals surface area (Å²) >= 11 is 0. The molecule has 0 amide bonds. The van der Waals surface area contributed by atoms with Gasteiger partial charge in [0.2, 0.25) is 0 Å². The molecule has 4 rings (SSSR count). The zero-order chi connectivity index (χ0) is 12.7. The Morgan fingerprint density at radius 1 is 1.39 bits per heavy atom. The quantitative estimate of drug-likeness (QED) is 0.525. The van der Waals surface area contributed by atoms with Crippen LogP contribution in [-0.4, -0.2) is 22.8 Å². The molecule has 0 radical (unpaired) electrons. The van der Waals surface area contributed by atoms with Gasteiger partial charge in [-0.15, -0.1) is 0 Å². The summed E-state index contributed by atoms with van der Waals surface area (Å²) < 4.78 is 5.52. The molecule has 18 heavy (non-hydrogen) atoms. The zero-order valence-corrected chi connectivity index (χ0v) is 10.9. The van der Waals surface area contributed by atoms with Crippen molar-refractivity contribution in [1.82, 2.24) is 0 Å². The summed E-state index contributed by atoms with van der Waals surface area (Å²) in [4.78, 5) is 11.9. The molecule has 0 aromatic rings. The molecule has 1 N–H and O–H groups in total. The van der Waals surface area contributed by atoms with Gasteiger partial charge in [-0.1, -0.05) is 19.9 Å². The number of carbonyl (C=O) groups is 1. The number of allylic oxidation sites excluding steroid dienone is 1. The molecule has 0 aromatic carbocycles. The Hall–Kier alpha value is -0.830. The molecule has 0 unspecified atom stereocenters. The lowest BCUT2D eigenvalue weighted by atomic mass is 9.60. The van der Waals surface area contributed by atoms with Crippen LogP contribution in [0.4, 0.5) is 0 Å². The highest BCUT2D eigenvalue weighted by Crippen LogP contribution is 2.62. The van der Waals surface area contributed by atoms with Crippen LogP contribution < -0.4 is 0 Å². The lowest BCUT2D eigenvalue weighted by Crippen LogP contribution is -2.49. The standard InChI is InChI=1S/C15H20O3/c1-7-3-4-10-8(2)13-12-11(10)9(7)5-6-15(12,17)14(16)18-13/h5-13,17H,3-4H2,1-2H3/t7-,8+,9-,10+,11-,12-,13+,15+/m0/s1. The van der Waals surface area contributed by atoms with Crippen molar-refractivity contribution in [3.8, 4) is 0 Å². The number of hydrogen-bond acceptors (Lipinski definition) is 3. The Bertz CT molecular complexity index is 443. The molecule has 0 spiro atoms. The predicted molar refractivity (Wildman–Crippen MR) is 65.5 cm³/mol. The first kappa shape index (κ1) is 11.0. The summed E-state index contributed by atoms with van der Waals surface area (Å²) in [6.07, 6.45) is 6.25. The zero-order valence-electron chi connectivity index (χ0n) is 10.9. The summed E-state index contributed by atoms with van der Waals surface area (Å²) in [6.45, 7) is 4.49. The van der Waals surface area contributed by atoms with Crippen molar-refractivity contribution in [3.63, 3.8) is 0 Å². The molecule has 3 nitrogen and oxygen atoms in total. The second-order valence-electron chi connectivity index (χ2n) is 6.81. The third-order valence-electron chi connectivity index (χ3n) is 6.16. The largest absolute Gasteiger partial charge is 0.459 e. The molecular formula is C15H20O3. The van der Waals surface area contributed by atoms with Gasteiger partial charge in [0, 0.05) is 5.92 Å². The highest BCUT2D eigenvalue weighted by atomic mass is 16.6. The summed E-state index contributed by atoms with van der Waals surface area (Å²) in [5.41, 5.74) is -1.33. The van der Waals surface area contributed by atoms with E-state index in [0.717, 1.165) is 0 Å². The van der Waals surface area contributed by atoms with Crippen molar-refractivity contribution in [2.24, 2.45) is 35.5 Å². The average molecular weight is 248 g/mol. The molecule has 98 valence electrons. The number of esters is 1. The van der Waals surface area contributed by atoms with Crippen LogP contribution in [0.25, 0.3) is 0 Å². The molecule has 3 aliphatic carbocycles. The Balaban J connectivity index is 1.87. The van der Waals surface area contributed by atoms with Crippen LogP contribution in [0.2, 0.25) is 0 Å². The monoisotopic (exact) mass is 248 g/mol. The SMILES string of the molecule is C[C@@H]1[C@H]2CC[C@H](C)[C@@H]3C=C[C@]4(O)C(=O)O[C@H]1[C@@H]4[C@@H]32. The first-order valence-electron chi connectivity index (χ1n) is 7.17. The van der Waals surface area contributed by atoms with Crippen LogP contribution in [-0.2, 0) is 9.53 Å². The van der Waals surface area contributed by atoms with E-state index in [1.165, 1.54) is 12.8 Å². The topological polar surface area (TPSA) is 46.5 Å². The van der Waals surface area contributed by atoms with Gasteiger partial charge < -0.3 is 9.84 Å². The highest BCUT2D eigenvalue weighted by Gasteiger charge is 2.69. The second-order valence-corrected chi connectivity index (χ2v) is 6.81. The van der Waals surface area contributed by atoms with E-state index in [1.807, 2.05) is 0 Å². The number of ether oxygens (including phenoxy) is 1. The van der Waals surface area contributed by atoms with Gasteiger partial charge in [0.15, 0.2) is 5.60 Å². The van der Waals surface area contributed by atoms with Crippen LogP contribution in [0.15, 0.2) is 12.2 Å². The lowest BCUT2D eigenvalue weighted by Gasteiger charge is -2.45. The molecule has 1 saturated heterocycles. The van der Waals surface area contributed by atoms with E-state index in [-0.39, 0.29) is 12.0 Å². The number of aliphatic hydroxyl groups is 1. The van der Waals surface area contributed by atoms with Crippen LogP contribution in [0.3, 0.4) is 0 Å². The van der Waals surface area contributed by atoms with Crippen molar-refractivity contribution < 1.29 is 14.6 Å². The normalized spacial score (nSPS) is 60.6. The first-order valence-corrected chi connectivity index (χ1v) is 7.17. The van der Waals surface area contributed by atoms with E-state index >= 15 is 0 Å². The van der Waals surface area contributed by atoms with Crippen LogP contribution in [0.1, 0.15) is 26.7 Å². The molecule has 0 aromatic heterocycles. The Morgan fingerprint density at radius 2 is 2.17 bits per heavy atom. The minimum atomic E-state index is -1.33. The maximum Gasteiger partial charge on any atom is 0.342 e. The maximum absolute atomic E-state index is 11.9. The van der Waals surface area contributed by atoms with Gasteiger partial charge in [-0.3, -0.25) is 0 Å². The Morgan fingerprint density at radius 3 is 2.94 bits per heavy atom. The van der Waals surface area contributed by atoms with Crippen molar-refractivity contribution >= 4 is 5.97 Å². The third kappa shape index (κ3) is 1.04. The first-order chi connectivity index (χ1) is 8.54. The van der Waals surface area contributed by atoms with Gasteiger partial charge in [0.1, 0.15) is 6.10 Å². The number of carbonyl (C=O) groups excluding carboxylic acids is 1. The smallest absolute Gasteiger partial charge is 0.342 e. The molecular weight excluding hydrogens is 228 g/mol. The number of rotatable bonds is 0. The molecule has 0 bridgehead atoms. The van der Waals surface area contributed by atoms with E-state index in [0.29, 0.717) is 29.6 Å². The molecule has 1 heterocycles. The summed E-state index contributed by atoms with van der Waals surface area (Å²) in [7, 11) is 0. The van der Waals surface area contributed by atoms with Gasteiger partial charge in [-0.2, -0.15) is 0 Å². The highest BCUT2D eigenvalue weighted by molar-refractivity contribution is 5.85.